The second kappa shape index (κ2) is 5.15. The number of benzene rings is 1. The van der Waals surface area contributed by atoms with Crippen LogP contribution in [0.5, 0.6) is 0 Å². The van der Waals surface area contributed by atoms with E-state index in [4.69, 9.17) is 0 Å². The highest BCUT2D eigenvalue weighted by Crippen LogP contribution is 2.35. The third-order valence-corrected chi connectivity index (χ3v) is 4.60. The SMILES string of the molecule is Cc1nc(-c2nc(C(=O)O)c(-c3ccccc3)s2)cs1. The van der Waals surface area contributed by atoms with Crippen molar-refractivity contribution in [3.8, 4) is 21.1 Å². The molecule has 1 aromatic carbocycles. The number of rotatable bonds is 3. The van der Waals surface area contributed by atoms with Crippen molar-refractivity contribution in [3.63, 3.8) is 0 Å². The normalized spacial score (nSPS) is 10.7. The molecule has 0 bridgehead atoms. The van der Waals surface area contributed by atoms with E-state index in [2.05, 4.69) is 9.97 Å². The van der Waals surface area contributed by atoms with Crippen molar-refractivity contribution in [1.82, 2.24) is 9.97 Å². The van der Waals surface area contributed by atoms with E-state index in [9.17, 15) is 9.90 Å². The van der Waals surface area contributed by atoms with Crippen LogP contribution in [-0.2, 0) is 0 Å². The van der Waals surface area contributed by atoms with Gasteiger partial charge in [-0.05, 0) is 12.5 Å². The average molecular weight is 302 g/mol. The molecule has 100 valence electrons. The van der Waals surface area contributed by atoms with Crippen molar-refractivity contribution in [2.24, 2.45) is 0 Å². The van der Waals surface area contributed by atoms with Crippen LogP contribution in [0.4, 0.5) is 0 Å². The van der Waals surface area contributed by atoms with Crippen LogP contribution >= 0.6 is 22.7 Å². The van der Waals surface area contributed by atoms with E-state index in [1.807, 2.05) is 42.6 Å². The quantitative estimate of drug-likeness (QED) is 0.796. The number of hydrogen-bond donors (Lipinski definition) is 1. The lowest BCUT2D eigenvalue weighted by Crippen LogP contribution is -1.98. The van der Waals surface area contributed by atoms with Gasteiger partial charge in [-0.2, -0.15) is 0 Å². The molecular weight excluding hydrogens is 292 g/mol. The summed E-state index contributed by atoms with van der Waals surface area (Å²) in [4.78, 5) is 20.6. The Hall–Kier alpha value is -2.05. The van der Waals surface area contributed by atoms with Gasteiger partial charge in [0.1, 0.15) is 10.7 Å². The van der Waals surface area contributed by atoms with Gasteiger partial charge >= 0.3 is 5.97 Å². The maximum absolute atomic E-state index is 11.4. The van der Waals surface area contributed by atoms with Crippen LogP contribution in [0.1, 0.15) is 15.5 Å². The summed E-state index contributed by atoms with van der Waals surface area (Å²) in [5.74, 6) is -1.02. The predicted molar refractivity (Wildman–Crippen MR) is 80.4 cm³/mol. The summed E-state index contributed by atoms with van der Waals surface area (Å²) >= 11 is 2.89. The van der Waals surface area contributed by atoms with Gasteiger partial charge < -0.3 is 5.11 Å². The van der Waals surface area contributed by atoms with E-state index in [-0.39, 0.29) is 5.69 Å². The third kappa shape index (κ3) is 2.35. The topological polar surface area (TPSA) is 63.1 Å². The number of carboxylic acid groups (broad SMARTS) is 1. The van der Waals surface area contributed by atoms with Crippen LogP contribution in [0.15, 0.2) is 35.7 Å². The fourth-order valence-electron chi connectivity index (χ4n) is 1.82. The summed E-state index contributed by atoms with van der Waals surface area (Å²) in [6, 6.07) is 9.43. The van der Waals surface area contributed by atoms with Crippen LogP contribution < -0.4 is 0 Å². The maximum atomic E-state index is 11.4. The molecule has 4 nitrogen and oxygen atoms in total. The molecule has 0 saturated carbocycles. The van der Waals surface area contributed by atoms with E-state index in [1.165, 1.54) is 22.7 Å². The first-order valence-electron chi connectivity index (χ1n) is 5.87. The van der Waals surface area contributed by atoms with Gasteiger partial charge in [0.05, 0.1) is 9.88 Å². The molecule has 0 spiro atoms. The van der Waals surface area contributed by atoms with E-state index in [1.54, 1.807) is 0 Å². The molecule has 0 atom stereocenters. The van der Waals surface area contributed by atoms with E-state index in [0.29, 0.717) is 9.88 Å². The molecule has 2 heterocycles. The first kappa shape index (κ1) is 13.0. The van der Waals surface area contributed by atoms with Crippen LogP contribution in [0.25, 0.3) is 21.1 Å². The molecule has 0 unspecified atom stereocenters. The Kier molecular flexibility index (Phi) is 3.33. The van der Waals surface area contributed by atoms with Gasteiger partial charge in [0.2, 0.25) is 0 Å². The number of carbonyl (C=O) groups is 1. The van der Waals surface area contributed by atoms with Gasteiger partial charge in [-0.3, -0.25) is 0 Å². The first-order valence-corrected chi connectivity index (χ1v) is 7.57. The molecule has 3 aromatic rings. The first-order chi connectivity index (χ1) is 9.65. The fraction of sp³-hybridized carbons (Fsp3) is 0.0714. The van der Waals surface area contributed by atoms with Crippen LogP contribution in [0.3, 0.4) is 0 Å². The van der Waals surface area contributed by atoms with Gasteiger partial charge in [0.15, 0.2) is 5.69 Å². The molecular formula is C14H10N2O2S2. The molecule has 1 N–H and O–H groups in total. The zero-order chi connectivity index (χ0) is 14.1. The number of hydrogen-bond acceptors (Lipinski definition) is 5. The lowest BCUT2D eigenvalue weighted by Gasteiger charge is -1.97. The monoisotopic (exact) mass is 302 g/mol. The van der Waals surface area contributed by atoms with Crippen LogP contribution in [0, 0.1) is 6.92 Å². The number of nitrogens with zero attached hydrogens (tertiary/aromatic N) is 2. The molecule has 0 fully saturated rings. The van der Waals surface area contributed by atoms with E-state index < -0.39 is 5.97 Å². The molecule has 0 amide bonds. The molecule has 0 saturated heterocycles. The van der Waals surface area contributed by atoms with Crippen molar-refractivity contribution >= 4 is 28.6 Å². The van der Waals surface area contributed by atoms with E-state index in [0.717, 1.165) is 16.3 Å². The zero-order valence-corrected chi connectivity index (χ0v) is 12.2. The van der Waals surface area contributed by atoms with Gasteiger partial charge in [-0.15, -0.1) is 22.7 Å². The van der Waals surface area contributed by atoms with Gasteiger partial charge in [-0.25, -0.2) is 14.8 Å². The van der Waals surface area contributed by atoms with Crippen molar-refractivity contribution in [2.75, 3.05) is 0 Å². The largest absolute Gasteiger partial charge is 0.476 e. The Bertz CT molecular complexity index is 763. The molecule has 0 radical (unpaired) electrons. The molecule has 0 aliphatic rings. The number of aromatic nitrogens is 2. The van der Waals surface area contributed by atoms with Gasteiger partial charge in [0.25, 0.3) is 0 Å². The summed E-state index contributed by atoms with van der Waals surface area (Å²) in [6.45, 7) is 1.91. The van der Waals surface area contributed by atoms with Gasteiger partial charge in [0, 0.05) is 5.38 Å². The minimum absolute atomic E-state index is 0.0850. The Morgan fingerprint density at radius 3 is 2.55 bits per heavy atom. The minimum Gasteiger partial charge on any atom is -0.476 e. The highest BCUT2D eigenvalue weighted by atomic mass is 32.1. The molecule has 0 aliphatic carbocycles. The number of thiazole rings is 2. The van der Waals surface area contributed by atoms with E-state index >= 15 is 0 Å². The highest BCUT2D eigenvalue weighted by Gasteiger charge is 2.20. The Morgan fingerprint density at radius 2 is 1.95 bits per heavy atom. The third-order valence-electron chi connectivity index (χ3n) is 2.70. The fourth-order valence-corrected chi connectivity index (χ4v) is 3.52. The summed E-state index contributed by atoms with van der Waals surface area (Å²) in [6.07, 6.45) is 0. The average Bonchev–Trinajstić information content (AvgIpc) is 3.05. The lowest BCUT2D eigenvalue weighted by atomic mass is 10.1. The van der Waals surface area contributed by atoms with Crippen molar-refractivity contribution < 1.29 is 9.90 Å². The zero-order valence-electron chi connectivity index (χ0n) is 10.5. The van der Waals surface area contributed by atoms with Gasteiger partial charge in [-0.1, -0.05) is 30.3 Å². The number of aryl methyl sites for hydroxylation is 1. The van der Waals surface area contributed by atoms with Crippen molar-refractivity contribution in [2.45, 2.75) is 6.92 Å². The maximum Gasteiger partial charge on any atom is 0.356 e. The lowest BCUT2D eigenvalue weighted by molar-refractivity contribution is 0.0692. The summed E-state index contributed by atoms with van der Waals surface area (Å²) in [5, 5.41) is 12.8. The Balaban J connectivity index is 2.15. The molecule has 6 heteroatoms. The molecule has 2 aromatic heterocycles. The molecule has 20 heavy (non-hydrogen) atoms. The highest BCUT2D eigenvalue weighted by molar-refractivity contribution is 7.19. The van der Waals surface area contributed by atoms with Crippen molar-refractivity contribution in [1.29, 1.82) is 0 Å². The smallest absolute Gasteiger partial charge is 0.356 e. The molecule has 0 aliphatic heterocycles. The summed E-state index contributed by atoms with van der Waals surface area (Å²) in [5.41, 5.74) is 1.68. The Morgan fingerprint density at radius 1 is 1.20 bits per heavy atom. The summed E-state index contributed by atoms with van der Waals surface area (Å²) < 4.78 is 0. The predicted octanol–water partition coefficient (Wildman–Crippen LogP) is 3.94. The summed E-state index contributed by atoms with van der Waals surface area (Å²) in [7, 11) is 0. The number of carboxylic acids is 1. The van der Waals surface area contributed by atoms with Crippen LogP contribution in [-0.4, -0.2) is 21.0 Å². The Labute approximate surface area is 123 Å². The molecule has 3 rings (SSSR count). The van der Waals surface area contributed by atoms with Crippen LogP contribution in [0.2, 0.25) is 0 Å². The minimum atomic E-state index is -1.02. The van der Waals surface area contributed by atoms with Crippen molar-refractivity contribution in [3.05, 3.63) is 46.4 Å². The number of aromatic carboxylic acids is 1. The second-order valence-electron chi connectivity index (χ2n) is 4.12. The second-order valence-corrected chi connectivity index (χ2v) is 6.18. The standard InChI is InChI=1S/C14H10N2O2S2/c1-8-15-10(7-19-8)13-16-11(14(17)18)12(20-13)9-5-3-2-4-6-9/h2-7H,1H3,(H,17,18).